The lowest BCUT2D eigenvalue weighted by Crippen LogP contribution is -1.97. The molecule has 0 saturated carbocycles. The van der Waals surface area contributed by atoms with Crippen molar-refractivity contribution < 1.29 is 0 Å². The van der Waals surface area contributed by atoms with Crippen molar-refractivity contribution in [2.45, 2.75) is 13.1 Å². The lowest BCUT2D eigenvalue weighted by atomic mass is 10.2. The van der Waals surface area contributed by atoms with Gasteiger partial charge < -0.3 is 10.3 Å². The first-order valence-electron chi connectivity index (χ1n) is 5.87. The van der Waals surface area contributed by atoms with E-state index in [9.17, 15) is 0 Å². The molecule has 0 saturated heterocycles. The summed E-state index contributed by atoms with van der Waals surface area (Å²) in [5, 5.41) is 4.03. The van der Waals surface area contributed by atoms with Crippen LogP contribution in [0.15, 0.2) is 40.3 Å². The second-order valence-corrected chi connectivity index (χ2v) is 6.73. The Kier molecular flexibility index (Phi) is 3.67. The molecular weight excluding hydrogens is 344 g/mol. The molecule has 2 aromatic heterocycles. The molecule has 0 bridgehead atoms. The summed E-state index contributed by atoms with van der Waals surface area (Å²) in [6.07, 6.45) is 2.12. The largest absolute Gasteiger partial charge is 0.342 e. The van der Waals surface area contributed by atoms with Gasteiger partial charge in [0, 0.05) is 37.9 Å². The third-order valence-corrected chi connectivity index (χ3v) is 5.01. The van der Waals surface area contributed by atoms with Crippen LogP contribution in [0.25, 0.3) is 10.9 Å². The van der Waals surface area contributed by atoms with E-state index in [1.54, 1.807) is 11.3 Å². The molecule has 0 atom stereocenters. The third kappa shape index (κ3) is 2.58. The van der Waals surface area contributed by atoms with Gasteiger partial charge in [0.2, 0.25) is 0 Å². The van der Waals surface area contributed by atoms with E-state index in [1.165, 1.54) is 10.3 Å². The number of fused-ring (bicyclic) bond motifs is 1. The fourth-order valence-corrected chi connectivity index (χ4v) is 3.85. The minimum absolute atomic E-state index is 0.541. The lowest BCUT2D eigenvalue weighted by Gasteiger charge is -2.03. The summed E-state index contributed by atoms with van der Waals surface area (Å²) in [5.41, 5.74) is 8.11. The normalized spacial score (nSPS) is 11.3. The highest BCUT2D eigenvalue weighted by atomic mass is 79.9. The molecule has 3 rings (SSSR count). The quantitative estimate of drug-likeness (QED) is 0.730. The SMILES string of the molecule is NCc1cn(Cc2cc(Br)cs2)c2cc(Cl)ccc12. The second-order valence-electron chi connectivity index (χ2n) is 4.38. The Labute approximate surface area is 128 Å². The van der Waals surface area contributed by atoms with Crippen molar-refractivity contribution in [3.8, 4) is 0 Å². The Hall–Kier alpha value is -0.810. The van der Waals surface area contributed by atoms with E-state index in [2.05, 4.69) is 38.1 Å². The smallest absolute Gasteiger partial charge is 0.0569 e. The first-order valence-corrected chi connectivity index (χ1v) is 7.92. The average molecular weight is 356 g/mol. The molecule has 2 N–H and O–H groups in total. The molecule has 1 aromatic carbocycles. The van der Waals surface area contributed by atoms with Gasteiger partial charge in [-0.15, -0.1) is 11.3 Å². The summed E-state index contributed by atoms with van der Waals surface area (Å²) in [7, 11) is 0. The number of halogens is 2. The van der Waals surface area contributed by atoms with E-state index in [0.29, 0.717) is 6.54 Å². The average Bonchev–Trinajstić information content (AvgIpc) is 2.94. The van der Waals surface area contributed by atoms with E-state index < -0.39 is 0 Å². The van der Waals surface area contributed by atoms with Gasteiger partial charge in [-0.1, -0.05) is 17.7 Å². The molecular formula is C14H12BrClN2S. The fraction of sp³-hybridized carbons (Fsp3) is 0.143. The van der Waals surface area contributed by atoms with E-state index in [-0.39, 0.29) is 0 Å². The molecule has 19 heavy (non-hydrogen) atoms. The van der Waals surface area contributed by atoms with Gasteiger partial charge in [-0.05, 0) is 39.7 Å². The van der Waals surface area contributed by atoms with Crippen LogP contribution >= 0.6 is 38.9 Å². The second kappa shape index (κ2) is 5.29. The zero-order chi connectivity index (χ0) is 13.4. The molecule has 0 fully saturated rings. The minimum Gasteiger partial charge on any atom is -0.342 e. The van der Waals surface area contributed by atoms with Gasteiger partial charge in [0.1, 0.15) is 0 Å². The first kappa shape index (κ1) is 13.2. The number of nitrogens with two attached hydrogens (primary N) is 1. The van der Waals surface area contributed by atoms with Gasteiger partial charge in [-0.3, -0.25) is 0 Å². The molecule has 0 spiro atoms. The molecule has 2 heterocycles. The summed E-state index contributed by atoms with van der Waals surface area (Å²) in [6.45, 7) is 1.38. The molecule has 3 aromatic rings. The predicted octanol–water partition coefficient (Wildman–Crippen LogP) is 4.63. The summed E-state index contributed by atoms with van der Waals surface area (Å²) >= 11 is 11.3. The van der Waals surface area contributed by atoms with Crippen LogP contribution in [-0.4, -0.2) is 4.57 Å². The molecule has 0 aliphatic heterocycles. The van der Waals surface area contributed by atoms with Crippen molar-refractivity contribution in [2.75, 3.05) is 0 Å². The van der Waals surface area contributed by atoms with E-state index >= 15 is 0 Å². The number of rotatable bonds is 3. The van der Waals surface area contributed by atoms with Crippen molar-refractivity contribution >= 4 is 49.8 Å². The van der Waals surface area contributed by atoms with Crippen LogP contribution in [0.4, 0.5) is 0 Å². The van der Waals surface area contributed by atoms with Gasteiger partial charge in [0.25, 0.3) is 0 Å². The number of aromatic nitrogens is 1. The van der Waals surface area contributed by atoms with Crippen LogP contribution in [0.5, 0.6) is 0 Å². The van der Waals surface area contributed by atoms with Crippen LogP contribution in [0.1, 0.15) is 10.4 Å². The van der Waals surface area contributed by atoms with Crippen molar-refractivity contribution in [1.29, 1.82) is 0 Å². The van der Waals surface area contributed by atoms with Gasteiger partial charge >= 0.3 is 0 Å². The number of hydrogen-bond acceptors (Lipinski definition) is 2. The topological polar surface area (TPSA) is 30.9 Å². The van der Waals surface area contributed by atoms with Crippen LogP contribution in [0.3, 0.4) is 0 Å². The number of hydrogen-bond donors (Lipinski definition) is 1. The molecule has 2 nitrogen and oxygen atoms in total. The van der Waals surface area contributed by atoms with Crippen molar-refractivity contribution in [3.63, 3.8) is 0 Å². The molecule has 98 valence electrons. The van der Waals surface area contributed by atoms with Crippen LogP contribution < -0.4 is 5.73 Å². The summed E-state index contributed by atoms with van der Waals surface area (Å²) in [5.74, 6) is 0. The first-order chi connectivity index (χ1) is 9.17. The minimum atomic E-state index is 0.541. The standard InChI is InChI=1S/C14H12BrClN2S/c15-10-3-12(19-8-10)7-18-6-9(5-17)13-2-1-11(16)4-14(13)18/h1-4,6,8H,5,7,17H2. The highest BCUT2D eigenvalue weighted by Crippen LogP contribution is 2.27. The highest BCUT2D eigenvalue weighted by molar-refractivity contribution is 9.10. The summed E-state index contributed by atoms with van der Waals surface area (Å²) in [6, 6.07) is 8.09. The van der Waals surface area contributed by atoms with E-state index in [1.807, 2.05) is 18.2 Å². The Balaban J connectivity index is 2.09. The zero-order valence-corrected chi connectivity index (χ0v) is 13.2. The monoisotopic (exact) mass is 354 g/mol. The molecule has 0 radical (unpaired) electrons. The van der Waals surface area contributed by atoms with Gasteiger partial charge in [0.15, 0.2) is 0 Å². The van der Waals surface area contributed by atoms with Gasteiger partial charge in [-0.25, -0.2) is 0 Å². The zero-order valence-electron chi connectivity index (χ0n) is 10.1. The van der Waals surface area contributed by atoms with E-state index in [0.717, 1.165) is 27.1 Å². The number of benzene rings is 1. The predicted molar refractivity (Wildman–Crippen MR) is 86.0 cm³/mol. The molecule has 0 unspecified atom stereocenters. The number of thiophene rings is 1. The maximum Gasteiger partial charge on any atom is 0.0569 e. The van der Waals surface area contributed by atoms with Crippen LogP contribution in [0, 0.1) is 0 Å². The summed E-state index contributed by atoms with van der Waals surface area (Å²) < 4.78 is 3.34. The Morgan fingerprint density at radius 1 is 1.32 bits per heavy atom. The maximum absolute atomic E-state index is 6.10. The van der Waals surface area contributed by atoms with Crippen molar-refractivity contribution in [1.82, 2.24) is 4.57 Å². The fourth-order valence-electron chi connectivity index (χ4n) is 2.24. The van der Waals surface area contributed by atoms with E-state index in [4.69, 9.17) is 17.3 Å². The molecule has 0 aliphatic rings. The van der Waals surface area contributed by atoms with Gasteiger partial charge in [0.05, 0.1) is 12.1 Å². The van der Waals surface area contributed by atoms with Gasteiger partial charge in [-0.2, -0.15) is 0 Å². The molecule has 0 amide bonds. The molecule has 5 heteroatoms. The Morgan fingerprint density at radius 2 is 2.16 bits per heavy atom. The third-order valence-electron chi connectivity index (χ3n) is 3.09. The lowest BCUT2D eigenvalue weighted by molar-refractivity contribution is 0.843. The Bertz CT molecular complexity index is 732. The van der Waals surface area contributed by atoms with Crippen molar-refractivity contribution in [2.24, 2.45) is 5.73 Å². The summed E-state index contributed by atoms with van der Waals surface area (Å²) in [4.78, 5) is 1.30. The maximum atomic E-state index is 6.10. The van der Waals surface area contributed by atoms with Crippen LogP contribution in [0.2, 0.25) is 5.02 Å². The highest BCUT2D eigenvalue weighted by Gasteiger charge is 2.09. The van der Waals surface area contributed by atoms with Crippen LogP contribution in [-0.2, 0) is 13.1 Å². The van der Waals surface area contributed by atoms with Crippen molar-refractivity contribution in [3.05, 3.63) is 55.8 Å². The Morgan fingerprint density at radius 3 is 2.84 bits per heavy atom. The molecule has 0 aliphatic carbocycles. The number of nitrogens with zero attached hydrogens (tertiary/aromatic N) is 1.